The third-order valence-electron chi connectivity index (χ3n) is 4.02. The van der Waals surface area contributed by atoms with Crippen LogP contribution in [0.3, 0.4) is 0 Å². The summed E-state index contributed by atoms with van der Waals surface area (Å²) in [6.45, 7) is 4.40. The molecule has 0 spiro atoms. The summed E-state index contributed by atoms with van der Waals surface area (Å²) < 4.78 is 1.93. The van der Waals surface area contributed by atoms with Crippen LogP contribution < -0.4 is 5.32 Å². The number of aromatic nitrogens is 3. The smallest absolute Gasteiger partial charge is 0.293 e. The summed E-state index contributed by atoms with van der Waals surface area (Å²) in [6.07, 6.45) is 0. The number of hydrogen-bond donors (Lipinski definition) is 1. The molecule has 0 atom stereocenters. The Labute approximate surface area is 166 Å². The maximum Gasteiger partial charge on any atom is 0.293 e. The molecule has 144 valence electrons. The fourth-order valence-corrected chi connectivity index (χ4v) is 3.50. The van der Waals surface area contributed by atoms with Gasteiger partial charge in [-0.3, -0.25) is 14.9 Å². The van der Waals surface area contributed by atoms with E-state index in [9.17, 15) is 14.9 Å². The van der Waals surface area contributed by atoms with E-state index in [0.29, 0.717) is 11.7 Å². The summed E-state index contributed by atoms with van der Waals surface area (Å²) >= 11 is 1.24. The molecule has 0 bridgehead atoms. The lowest BCUT2D eigenvalue weighted by molar-refractivity contribution is -0.384. The van der Waals surface area contributed by atoms with Gasteiger partial charge in [0.05, 0.1) is 10.7 Å². The summed E-state index contributed by atoms with van der Waals surface area (Å²) in [6, 6.07) is 14.4. The third-order valence-corrected chi connectivity index (χ3v) is 4.99. The van der Waals surface area contributed by atoms with Crippen molar-refractivity contribution < 1.29 is 9.72 Å². The largest absolute Gasteiger partial charge is 0.320 e. The highest BCUT2D eigenvalue weighted by Gasteiger charge is 2.18. The molecule has 1 amide bonds. The zero-order valence-electron chi connectivity index (χ0n) is 15.5. The maximum atomic E-state index is 12.3. The molecule has 0 fully saturated rings. The van der Waals surface area contributed by atoms with Crippen LogP contribution in [0.25, 0.3) is 11.4 Å². The Bertz CT molecular complexity index is 1000. The SMILES string of the molecule is CCn1c(SCC(=O)Nc2ccc(C)cc2[N+](=O)[O-])nnc1-c1ccccc1. The van der Waals surface area contributed by atoms with Crippen LogP contribution in [-0.2, 0) is 11.3 Å². The van der Waals surface area contributed by atoms with Gasteiger partial charge >= 0.3 is 0 Å². The predicted molar refractivity (Wildman–Crippen MR) is 108 cm³/mol. The Hall–Kier alpha value is -3.20. The second kappa shape index (κ2) is 8.66. The first kappa shape index (κ1) is 19.6. The number of benzene rings is 2. The van der Waals surface area contributed by atoms with Crippen LogP contribution in [0.5, 0.6) is 0 Å². The predicted octanol–water partition coefficient (Wildman–Crippen LogP) is 3.91. The van der Waals surface area contributed by atoms with Crippen molar-refractivity contribution >= 4 is 29.0 Å². The number of amides is 1. The van der Waals surface area contributed by atoms with Crippen LogP contribution in [-0.4, -0.2) is 31.3 Å². The van der Waals surface area contributed by atoms with E-state index in [1.165, 1.54) is 23.9 Å². The van der Waals surface area contributed by atoms with E-state index >= 15 is 0 Å². The molecule has 28 heavy (non-hydrogen) atoms. The Kier molecular flexibility index (Phi) is 6.05. The Morgan fingerprint density at radius 3 is 2.64 bits per heavy atom. The van der Waals surface area contributed by atoms with Gasteiger partial charge in [-0.25, -0.2) is 0 Å². The summed E-state index contributed by atoms with van der Waals surface area (Å²) in [5.41, 5.74) is 1.76. The van der Waals surface area contributed by atoms with E-state index in [4.69, 9.17) is 0 Å². The molecule has 1 aromatic heterocycles. The van der Waals surface area contributed by atoms with Gasteiger partial charge in [0.1, 0.15) is 5.69 Å². The second-order valence-electron chi connectivity index (χ2n) is 6.03. The van der Waals surface area contributed by atoms with E-state index in [1.54, 1.807) is 13.0 Å². The summed E-state index contributed by atoms with van der Waals surface area (Å²) in [7, 11) is 0. The topological polar surface area (TPSA) is 103 Å². The molecule has 0 aliphatic heterocycles. The van der Waals surface area contributed by atoms with Gasteiger partial charge in [0, 0.05) is 18.2 Å². The van der Waals surface area contributed by atoms with Gasteiger partial charge in [0.15, 0.2) is 11.0 Å². The quantitative estimate of drug-likeness (QED) is 0.368. The van der Waals surface area contributed by atoms with E-state index in [-0.39, 0.29) is 23.0 Å². The monoisotopic (exact) mass is 397 g/mol. The zero-order chi connectivity index (χ0) is 20.1. The number of anilines is 1. The standard InChI is InChI=1S/C19H19N5O3S/c1-3-23-18(14-7-5-4-6-8-14)21-22-19(23)28-12-17(25)20-15-10-9-13(2)11-16(15)24(26)27/h4-11H,3,12H2,1-2H3,(H,20,25). The Morgan fingerprint density at radius 1 is 1.21 bits per heavy atom. The van der Waals surface area contributed by atoms with Crippen molar-refractivity contribution in [3.8, 4) is 11.4 Å². The van der Waals surface area contributed by atoms with Gasteiger partial charge in [-0.15, -0.1) is 10.2 Å². The molecule has 1 N–H and O–H groups in total. The van der Waals surface area contributed by atoms with Crippen LogP contribution in [0.1, 0.15) is 12.5 Å². The molecular weight excluding hydrogens is 378 g/mol. The number of nitrogens with one attached hydrogen (secondary N) is 1. The van der Waals surface area contributed by atoms with Gasteiger partial charge in [0.25, 0.3) is 5.69 Å². The maximum absolute atomic E-state index is 12.3. The van der Waals surface area contributed by atoms with Crippen molar-refractivity contribution in [2.45, 2.75) is 25.5 Å². The van der Waals surface area contributed by atoms with Crippen molar-refractivity contribution in [2.24, 2.45) is 0 Å². The molecule has 2 aromatic carbocycles. The minimum Gasteiger partial charge on any atom is -0.320 e. The fraction of sp³-hybridized carbons (Fsp3) is 0.211. The normalized spacial score (nSPS) is 10.6. The molecule has 0 aliphatic carbocycles. The van der Waals surface area contributed by atoms with E-state index in [1.807, 2.05) is 41.8 Å². The number of carbonyl (C=O) groups excluding carboxylic acids is 1. The van der Waals surface area contributed by atoms with Crippen molar-refractivity contribution in [3.63, 3.8) is 0 Å². The number of hydrogen-bond acceptors (Lipinski definition) is 6. The highest BCUT2D eigenvalue weighted by molar-refractivity contribution is 7.99. The number of rotatable bonds is 7. The number of nitro groups is 1. The minimum atomic E-state index is -0.504. The molecule has 0 radical (unpaired) electrons. The minimum absolute atomic E-state index is 0.0674. The highest BCUT2D eigenvalue weighted by atomic mass is 32.2. The van der Waals surface area contributed by atoms with Gasteiger partial charge in [0.2, 0.25) is 5.91 Å². The lowest BCUT2D eigenvalue weighted by Crippen LogP contribution is -2.15. The number of nitrogens with zero attached hydrogens (tertiary/aromatic N) is 4. The number of thioether (sulfide) groups is 1. The van der Waals surface area contributed by atoms with Crippen LogP contribution in [0.4, 0.5) is 11.4 Å². The van der Waals surface area contributed by atoms with Gasteiger partial charge < -0.3 is 9.88 Å². The molecule has 9 heteroatoms. The van der Waals surface area contributed by atoms with Crippen LogP contribution in [0.15, 0.2) is 53.7 Å². The van der Waals surface area contributed by atoms with Crippen molar-refractivity contribution in [3.05, 3.63) is 64.2 Å². The van der Waals surface area contributed by atoms with Crippen molar-refractivity contribution in [2.75, 3.05) is 11.1 Å². The Morgan fingerprint density at radius 2 is 1.96 bits per heavy atom. The average Bonchev–Trinajstić information content (AvgIpc) is 3.11. The first-order valence-corrected chi connectivity index (χ1v) is 9.64. The summed E-state index contributed by atoms with van der Waals surface area (Å²) in [5.74, 6) is 0.460. The Balaban J connectivity index is 1.71. The lowest BCUT2D eigenvalue weighted by atomic mass is 10.2. The highest BCUT2D eigenvalue weighted by Crippen LogP contribution is 2.27. The molecule has 0 saturated carbocycles. The zero-order valence-corrected chi connectivity index (χ0v) is 16.3. The van der Waals surface area contributed by atoms with Crippen LogP contribution in [0, 0.1) is 17.0 Å². The summed E-state index contributed by atoms with van der Waals surface area (Å²) in [4.78, 5) is 23.0. The van der Waals surface area contributed by atoms with Gasteiger partial charge in [-0.2, -0.15) is 0 Å². The molecule has 3 aromatic rings. The van der Waals surface area contributed by atoms with Gasteiger partial charge in [-0.1, -0.05) is 48.2 Å². The first-order valence-electron chi connectivity index (χ1n) is 8.66. The van der Waals surface area contributed by atoms with Crippen LogP contribution >= 0.6 is 11.8 Å². The lowest BCUT2D eigenvalue weighted by Gasteiger charge is -2.08. The van der Waals surface area contributed by atoms with Crippen LogP contribution in [0.2, 0.25) is 0 Å². The average molecular weight is 397 g/mol. The molecule has 0 saturated heterocycles. The van der Waals surface area contributed by atoms with Gasteiger partial charge in [-0.05, 0) is 25.5 Å². The molecule has 0 unspecified atom stereocenters. The fourth-order valence-electron chi connectivity index (χ4n) is 2.70. The molecular formula is C19H19N5O3S. The number of carbonyl (C=O) groups is 1. The van der Waals surface area contributed by atoms with Crippen molar-refractivity contribution in [1.82, 2.24) is 14.8 Å². The first-order chi connectivity index (χ1) is 13.5. The number of aryl methyl sites for hydroxylation is 1. The van der Waals surface area contributed by atoms with E-state index in [2.05, 4.69) is 15.5 Å². The molecule has 8 nitrogen and oxygen atoms in total. The summed E-state index contributed by atoms with van der Waals surface area (Å²) in [5, 5.41) is 22.8. The van der Waals surface area contributed by atoms with E-state index < -0.39 is 4.92 Å². The van der Waals surface area contributed by atoms with Crippen molar-refractivity contribution in [1.29, 1.82) is 0 Å². The van der Waals surface area contributed by atoms with E-state index in [0.717, 1.165) is 17.0 Å². The molecule has 0 aliphatic rings. The number of nitro benzene ring substituents is 1. The second-order valence-corrected chi connectivity index (χ2v) is 6.97. The third kappa shape index (κ3) is 4.37. The molecule has 3 rings (SSSR count). The molecule has 1 heterocycles.